The molecule has 176 valence electrons. The number of sulfonamides is 1. The van der Waals surface area contributed by atoms with E-state index in [0.717, 1.165) is 0 Å². The number of ether oxygens (including phenoxy) is 1. The highest BCUT2D eigenvalue weighted by Gasteiger charge is 2.41. The molecule has 0 unspecified atom stereocenters. The van der Waals surface area contributed by atoms with Crippen molar-refractivity contribution < 1.29 is 22.7 Å². The Hall–Kier alpha value is -2.46. The zero-order valence-electron chi connectivity index (χ0n) is 18.2. The molecule has 2 aromatic carbocycles. The predicted octanol–water partition coefficient (Wildman–Crippen LogP) is 2.81. The van der Waals surface area contributed by atoms with Crippen LogP contribution in [-0.4, -0.2) is 56.3 Å². The lowest BCUT2D eigenvalue weighted by molar-refractivity contribution is -0.121. The van der Waals surface area contributed by atoms with Gasteiger partial charge in [0.1, 0.15) is 5.75 Å². The van der Waals surface area contributed by atoms with E-state index in [9.17, 15) is 18.0 Å². The third kappa shape index (κ3) is 5.06. The highest BCUT2D eigenvalue weighted by atomic mass is 35.5. The highest BCUT2D eigenvalue weighted by Crippen LogP contribution is 2.27. The van der Waals surface area contributed by atoms with Crippen molar-refractivity contribution in [1.29, 1.82) is 0 Å². The van der Waals surface area contributed by atoms with Gasteiger partial charge in [-0.2, -0.15) is 4.31 Å². The van der Waals surface area contributed by atoms with Gasteiger partial charge in [-0.1, -0.05) is 11.6 Å². The van der Waals surface area contributed by atoms with Crippen molar-refractivity contribution in [3.05, 3.63) is 53.6 Å². The molecular formula is C23H26ClN3O5S. The van der Waals surface area contributed by atoms with E-state index >= 15 is 0 Å². The Kier molecular flexibility index (Phi) is 7.04. The molecule has 2 fully saturated rings. The second kappa shape index (κ2) is 9.80. The lowest BCUT2D eigenvalue weighted by Gasteiger charge is -2.32. The van der Waals surface area contributed by atoms with Crippen molar-refractivity contribution in [2.45, 2.75) is 43.2 Å². The van der Waals surface area contributed by atoms with Gasteiger partial charge >= 0.3 is 0 Å². The first kappa shape index (κ1) is 23.7. The molecule has 1 N–H and O–H groups in total. The number of carbonyl (C=O) groups excluding carboxylic acids is 2. The Morgan fingerprint density at radius 1 is 1.03 bits per heavy atom. The largest absolute Gasteiger partial charge is 0.494 e. The summed E-state index contributed by atoms with van der Waals surface area (Å²) >= 11 is 5.86. The van der Waals surface area contributed by atoms with Gasteiger partial charge in [0.25, 0.3) is 5.91 Å². The van der Waals surface area contributed by atoms with Crippen LogP contribution in [0.4, 0.5) is 5.69 Å². The van der Waals surface area contributed by atoms with E-state index in [1.807, 2.05) is 6.92 Å². The Bertz CT molecular complexity index is 1110. The molecule has 0 radical (unpaired) electrons. The maximum Gasteiger partial charge on any atom is 0.251 e. The zero-order valence-corrected chi connectivity index (χ0v) is 19.8. The summed E-state index contributed by atoms with van der Waals surface area (Å²) in [7, 11) is -3.59. The first-order valence-electron chi connectivity index (χ1n) is 10.9. The summed E-state index contributed by atoms with van der Waals surface area (Å²) in [5.74, 6) is 0.125. The third-order valence-corrected chi connectivity index (χ3v) is 8.06. The molecule has 2 amide bonds. The van der Waals surface area contributed by atoms with Crippen LogP contribution >= 0.6 is 11.6 Å². The van der Waals surface area contributed by atoms with Crippen LogP contribution in [0.3, 0.4) is 0 Å². The van der Waals surface area contributed by atoms with Crippen LogP contribution in [0, 0.1) is 0 Å². The molecular weight excluding hydrogens is 466 g/mol. The molecule has 0 saturated carbocycles. The lowest BCUT2D eigenvalue weighted by atomic mass is 10.1. The minimum absolute atomic E-state index is 0.0521. The number of amides is 2. The predicted molar refractivity (Wildman–Crippen MR) is 125 cm³/mol. The van der Waals surface area contributed by atoms with Gasteiger partial charge < -0.3 is 10.1 Å². The number of anilines is 1. The van der Waals surface area contributed by atoms with Crippen molar-refractivity contribution in [1.82, 2.24) is 9.62 Å². The topological polar surface area (TPSA) is 96.0 Å². The van der Waals surface area contributed by atoms with E-state index in [1.165, 1.54) is 21.3 Å². The molecule has 2 aromatic rings. The number of carbonyl (C=O) groups is 2. The average Bonchev–Trinajstić information content (AvgIpc) is 3.08. The maximum atomic E-state index is 12.9. The van der Waals surface area contributed by atoms with E-state index in [-0.39, 0.29) is 29.2 Å². The SMILES string of the molecule is CCOc1ccc(N2C(=O)C[C@@H](NC3CCN(S(=O)(=O)c4ccc(Cl)cc4)CC3)C2=O)cc1. The van der Waals surface area contributed by atoms with E-state index < -0.39 is 16.1 Å². The van der Waals surface area contributed by atoms with E-state index in [4.69, 9.17) is 16.3 Å². The van der Waals surface area contributed by atoms with Crippen molar-refractivity contribution in [3.8, 4) is 5.75 Å². The van der Waals surface area contributed by atoms with Gasteiger partial charge in [-0.15, -0.1) is 0 Å². The first-order chi connectivity index (χ1) is 15.8. The van der Waals surface area contributed by atoms with Crippen molar-refractivity contribution >= 4 is 39.1 Å². The fraction of sp³-hybridized carbons (Fsp3) is 0.391. The maximum absolute atomic E-state index is 12.9. The number of hydrogen-bond acceptors (Lipinski definition) is 6. The van der Waals surface area contributed by atoms with Crippen molar-refractivity contribution in [2.75, 3.05) is 24.6 Å². The van der Waals surface area contributed by atoms with Crippen LogP contribution in [0.25, 0.3) is 0 Å². The number of benzene rings is 2. The normalized spacial score (nSPS) is 20.4. The monoisotopic (exact) mass is 491 g/mol. The minimum Gasteiger partial charge on any atom is -0.494 e. The minimum atomic E-state index is -3.59. The molecule has 10 heteroatoms. The number of imide groups is 1. The Morgan fingerprint density at radius 3 is 2.27 bits per heavy atom. The Balaban J connectivity index is 1.35. The fourth-order valence-corrected chi connectivity index (χ4v) is 5.79. The zero-order chi connectivity index (χ0) is 23.6. The summed E-state index contributed by atoms with van der Waals surface area (Å²) in [6.45, 7) is 3.09. The van der Waals surface area contributed by atoms with Gasteiger partial charge in [-0.05, 0) is 68.3 Å². The Labute approximate surface area is 198 Å². The third-order valence-electron chi connectivity index (χ3n) is 5.89. The second-order valence-electron chi connectivity index (χ2n) is 8.05. The van der Waals surface area contributed by atoms with Crippen LogP contribution in [0.15, 0.2) is 53.4 Å². The van der Waals surface area contributed by atoms with Gasteiger partial charge in [0.15, 0.2) is 0 Å². The van der Waals surface area contributed by atoms with Gasteiger partial charge in [0, 0.05) is 24.2 Å². The van der Waals surface area contributed by atoms with E-state index in [1.54, 1.807) is 36.4 Å². The van der Waals surface area contributed by atoms with Gasteiger partial charge in [0.2, 0.25) is 15.9 Å². The molecule has 1 atom stereocenters. The molecule has 0 aromatic heterocycles. The molecule has 4 rings (SSSR count). The molecule has 0 aliphatic carbocycles. The Morgan fingerprint density at radius 2 is 1.67 bits per heavy atom. The van der Waals surface area contributed by atoms with Crippen LogP contribution in [0.5, 0.6) is 5.75 Å². The number of piperidine rings is 1. The van der Waals surface area contributed by atoms with E-state index in [0.29, 0.717) is 49.0 Å². The molecule has 2 saturated heterocycles. The number of halogens is 1. The van der Waals surface area contributed by atoms with Gasteiger partial charge in [0.05, 0.1) is 29.7 Å². The lowest BCUT2D eigenvalue weighted by Crippen LogP contribution is -2.49. The quantitative estimate of drug-likeness (QED) is 0.598. The fourth-order valence-electron chi connectivity index (χ4n) is 4.19. The summed E-state index contributed by atoms with van der Waals surface area (Å²) in [4.78, 5) is 26.9. The van der Waals surface area contributed by atoms with Gasteiger partial charge in [-0.25, -0.2) is 13.3 Å². The summed E-state index contributed by atoms with van der Waals surface area (Å²) in [5, 5.41) is 3.75. The molecule has 8 nitrogen and oxygen atoms in total. The molecule has 33 heavy (non-hydrogen) atoms. The van der Waals surface area contributed by atoms with E-state index in [2.05, 4.69) is 5.32 Å². The number of nitrogens with one attached hydrogen (secondary N) is 1. The van der Waals surface area contributed by atoms with Crippen LogP contribution < -0.4 is 15.0 Å². The molecule has 0 spiro atoms. The molecule has 2 aliphatic heterocycles. The molecule has 0 bridgehead atoms. The van der Waals surface area contributed by atoms with Crippen molar-refractivity contribution in [2.24, 2.45) is 0 Å². The second-order valence-corrected chi connectivity index (χ2v) is 10.4. The summed E-state index contributed by atoms with van der Waals surface area (Å²) < 4.78 is 32.6. The van der Waals surface area contributed by atoms with Crippen molar-refractivity contribution in [3.63, 3.8) is 0 Å². The number of rotatable bonds is 7. The smallest absolute Gasteiger partial charge is 0.251 e. The standard InChI is InChI=1S/C23H26ClN3O5S/c1-2-32-19-7-5-18(6-8-19)27-22(28)15-21(23(27)29)25-17-11-13-26(14-12-17)33(30,31)20-9-3-16(24)4-10-20/h3-10,17,21,25H,2,11-15H2,1H3/t21-/m1/s1. The average molecular weight is 492 g/mol. The summed E-state index contributed by atoms with van der Waals surface area (Å²) in [6.07, 6.45) is 1.18. The molecule has 2 aliphatic rings. The van der Waals surface area contributed by atoms with Crippen LogP contribution in [0.2, 0.25) is 5.02 Å². The first-order valence-corrected chi connectivity index (χ1v) is 12.7. The van der Waals surface area contributed by atoms with Crippen LogP contribution in [0.1, 0.15) is 26.2 Å². The molecule has 2 heterocycles. The number of nitrogens with zero attached hydrogens (tertiary/aromatic N) is 2. The highest BCUT2D eigenvalue weighted by molar-refractivity contribution is 7.89. The number of hydrogen-bond donors (Lipinski definition) is 1. The van der Waals surface area contributed by atoms with Crippen LogP contribution in [-0.2, 0) is 19.6 Å². The summed E-state index contributed by atoms with van der Waals surface area (Å²) in [6, 6.07) is 12.3. The van der Waals surface area contributed by atoms with Gasteiger partial charge in [-0.3, -0.25) is 9.59 Å². The summed E-state index contributed by atoms with van der Waals surface area (Å²) in [5.41, 5.74) is 0.515.